The van der Waals surface area contributed by atoms with Gasteiger partial charge < -0.3 is 5.73 Å². The molecule has 0 aliphatic rings. The molecule has 6 nitrogen and oxygen atoms in total. The molecule has 0 unspecified atom stereocenters. The second-order valence-corrected chi connectivity index (χ2v) is 5.82. The van der Waals surface area contributed by atoms with Crippen LogP contribution in [0.4, 0.5) is 5.82 Å². The number of nitrogens with zero attached hydrogens (tertiary/aromatic N) is 5. The van der Waals surface area contributed by atoms with E-state index in [0.29, 0.717) is 10.7 Å². The highest BCUT2D eigenvalue weighted by Gasteiger charge is 2.03. The van der Waals surface area contributed by atoms with Crippen molar-refractivity contribution in [3.8, 4) is 6.07 Å². The van der Waals surface area contributed by atoms with E-state index >= 15 is 0 Å². The average molecular weight is 302 g/mol. The van der Waals surface area contributed by atoms with Crippen molar-refractivity contribution in [3.63, 3.8) is 0 Å². The monoisotopic (exact) mass is 302 g/mol. The molecule has 110 valence electrons. The summed E-state index contributed by atoms with van der Waals surface area (Å²) in [6.07, 6.45) is 8.75. The number of rotatable bonds is 7. The molecule has 0 radical (unpaired) electrons. The van der Waals surface area contributed by atoms with Crippen LogP contribution in [0.1, 0.15) is 30.4 Å². The van der Waals surface area contributed by atoms with Crippen molar-refractivity contribution >= 4 is 17.6 Å². The molecule has 2 heterocycles. The van der Waals surface area contributed by atoms with Crippen LogP contribution in [-0.4, -0.2) is 25.5 Å². The highest BCUT2D eigenvalue weighted by Crippen LogP contribution is 2.17. The Morgan fingerprint density at radius 2 is 2.19 bits per heavy atom. The summed E-state index contributed by atoms with van der Waals surface area (Å²) in [5.41, 5.74) is 7.18. The lowest BCUT2D eigenvalue weighted by Gasteiger charge is -2.03. The van der Waals surface area contributed by atoms with Crippen LogP contribution in [-0.2, 0) is 6.54 Å². The van der Waals surface area contributed by atoms with Gasteiger partial charge in [0.05, 0.1) is 12.4 Å². The Morgan fingerprint density at radius 1 is 1.33 bits per heavy atom. The zero-order valence-corrected chi connectivity index (χ0v) is 12.8. The van der Waals surface area contributed by atoms with Gasteiger partial charge >= 0.3 is 0 Å². The summed E-state index contributed by atoms with van der Waals surface area (Å²) in [5, 5.41) is 13.6. The topological polar surface area (TPSA) is 93.4 Å². The predicted octanol–water partition coefficient (Wildman–Crippen LogP) is 2.40. The standard InChI is InChI=1S/C14H18N6S/c1-11-8-18-20(10-11)5-3-2-4-6-21-14-17-9-12(7-15)13(16)19-14/h8-10H,2-6H2,1H3,(H2,16,17,19). The molecular formula is C14H18N6S. The van der Waals surface area contributed by atoms with Crippen LogP contribution in [0.15, 0.2) is 23.7 Å². The number of aryl methyl sites for hydroxylation is 2. The fraction of sp³-hybridized carbons (Fsp3) is 0.429. The first-order valence-electron chi connectivity index (χ1n) is 6.83. The lowest BCUT2D eigenvalue weighted by atomic mass is 10.2. The van der Waals surface area contributed by atoms with Gasteiger partial charge in [0.2, 0.25) is 0 Å². The van der Waals surface area contributed by atoms with Crippen LogP contribution in [0.5, 0.6) is 0 Å². The third kappa shape index (κ3) is 4.76. The van der Waals surface area contributed by atoms with E-state index in [1.807, 2.05) is 23.9 Å². The molecule has 0 aliphatic heterocycles. The molecule has 0 bridgehead atoms. The summed E-state index contributed by atoms with van der Waals surface area (Å²) in [5.74, 6) is 1.20. The van der Waals surface area contributed by atoms with Gasteiger partial charge in [-0.05, 0) is 25.3 Å². The smallest absolute Gasteiger partial charge is 0.189 e. The Labute approximate surface area is 128 Å². The molecule has 0 saturated carbocycles. The van der Waals surface area contributed by atoms with Crippen LogP contribution >= 0.6 is 11.8 Å². The number of nitrogens with two attached hydrogens (primary N) is 1. The summed E-state index contributed by atoms with van der Waals surface area (Å²) in [4.78, 5) is 8.22. The summed E-state index contributed by atoms with van der Waals surface area (Å²) >= 11 is 1.57. The van der Waals surface area contributed by atoms with Crippen LogP contribution in [0.25, 0.3) is 0 Å². The molecule has 0 spiro atoms. The van der Waals surface area contributed by atoms with Crippen LogP contribution in [0, 0.1) is 18.3 Å². The first kappa shape index (κ1) is 15.3. The van der Waals surface area contributed by atoms with Gasteiger partial charge in [-0.15, -0.1) is 0 Å². The highest BCUT2D eigenvalue weighted by atomic mass is 32.2. The maximum absolute atomic E-state index is 8.75. The lowest BCUT2D eigenvalue weighted by molar-refractivity contribution is 0.554. The van der Waals surface area contributed by atoms with Crippen LogP contribution < -0.4 is 5.73 Å². The van der Waals surface area contributed by atoms with Crippen molar-refractivity contribution in [2.45, 2.75) is 37.9 Å². The number of hydrogen-bond donors (Lipinski definition) is 1. The average Bonchev–Trinajstić information content (AvgIpc) is 2.88. The van der Waals surface area contributed by atoms with Gasteiger partial charge in [-0.3, -0.25) is 4.68 Å². The van der Waals surface area contributed by atoms with Gasteiger partial charge in [-0.2, -0.15) is 10.4 Å². The zero-order valence-electron chi connectivity index (χ0n) is 12.0. The molecular weight excluding hydrogens is 284 g/mol. The summed E-state index contributed by atoms with van der Waals surface area (Å²) in [6.45, 7) is 3.00. The third-order valence-electron chi connectivity index (χ3n) is 2.94. The van der Waals surface area contributed by atoms with E-state index in [4.69, 9.17) is 11.0 Å². The molecule has 0 atom stereocenters. The van der Waals surface area contributed by atoms with Gasteiger partial charge in [0.15, 0.2) is 5.16 Å². The molecule has 0 aliphatic carbocycles. The Hall–Kier alpha value is -2.07. The number of nitrogen functional groups attached to an aromatic ring is 1. The molecule has 7 heteroatoms. The summed E-state index contributed by atoms with van der Waals surface area (Å²) in [7, 11) is 0. The Morgan fingerprint density at radius 3 is 2.86 bits per heavy atom. The van der Waals surface area contributed by atoms with E-state index in [9.17, 15) is 0 Å². The molecule has 0 amide bonds. The second-order valence-electron chi connectivity index (χ2n) is 4.75. The molecule has 0 saturated heterocycles. The Kier molecular flexibility index (Phi) is 5.58. The fourth-order valence-electron chi connectivity index (χ4n) is 1.84. The van der Waals surface area contributed by atoms with Crippen LogP contribution in [0.2, 0.25) is 0 Å². The van der Waals surface area contributed by atoms with Gasteiger partial charge in [0.25, 0.3) is 0 Å². The number of nitriles is 1. The number of unbranched alkanes of at least 4 members (excludes halogenated alkanes) is 2. The first-order chi connectivity index (χ1) is 10.2. The van der Waals surface area contributed by atoms with E-state index in [0.717, 1.165) is 31.6 Å². The van der Waals surface area contributed by atoms with Crippen molar-refractivity contribution in [3.05, 3.63) is 29.7 Å². The SMILES string of the molecule is Cc1cnn(CCCCCSc2ncc(C#N)c(N)n2)c1. The maximum Gasteiger partial charge on any atom is 0.189 e. The minimum absolute atomic E-state index is 0.254. The Balaban J connectivity index is 1.63. The predicted molar refractivity (Wildman–Crippen MR) is 82.7 cm³/mol. The molecule has 2 N–H and O–H groups in total. The molecule has 21 heavy (non-hydrogen) atoms. The Bertz CT molecular complexity index is 631. The number of aromatic nitrogens is 4. The van der Waals surface area contributed by atoms with Gasteiger partial charge in [0.1, 0.15) is 17.5 Å². The quantitative estimate of drug-likeness (QED) is 0.479. The van der Waals surface area contributed by atoms with Gasteiger partial charge in [0, 0.05) is 18.5 Å². The minimum Gasteiger partial charge on any atom is -0.382 e. The van der Waals surface area contributed by atoms with Crippen molar-refractivity contribution in [1.82, 2.24) is 19.7 Å². The fourth-order valence-corrected chi connectivity index (χ4v) is 2.66. The second kappa shape index (κ2) is 7.64. The first-order valence-corrected chi connectivity index (χ1v) is 7.82. The molecule has 0 aromatic carbocycles. The van der Waals surface area contributed by atoms with Crippen molar-refractivity contribution in [2.75, 3.05) is 11.5 Å². The van der Waals surface area contributed by atoms with Gasteiger partial charge in [-0.1, -0.05) is 18.2 Å². The lowest BCUT2D eigenvalue weighted by Crippen LogP contribution is -1.99. The highest BCUT2D eigenvalue weighted by molar-refractivity contribution is 7.99. The largest absolute Gasteiger partial charge is 0.382 e. The van der Waals surface area contributed by atoms with E-state index in [1.165, 1.54) is 11.8 Å². The van der Waals surface area contributed by atoms with E-state index in [1.54, 1.807) is 11.8 Å². The van der Waals surface area contributed by atoms with Crippen LogP contribution in [0.3, 0.4) is 0 Å². The van der Waals surface area contributed by atoms with E-state index < -0.39 is 0 Å². The van der Waals surface area contributed by atoms with Crippen molar-refractivity contribution in [2.24, 2.45) is 0 Å². The normalized spacial score (nSPS) is 10.5. The summed E-state index contributed by atoms with van der Waals surface area (Å²) in [6, 6.07) is 1.96. The van der Waals surface area contributed by atoms with Gasteiger partial charge in [-0.25, -0.2) is 9.97 Å². The molecule has 0 fully saturated rings. The minimum atomic E-state index is 0.254. The number of anilines is 1. The number of thioether (sulfide) groups is 1. The third-order valence-corrected chi connectivity index (χ3v) is 3.89. The molecule has 2 aromatic rings. The molecule has 2 aromatic heterocycles. The molecule has 2 rings (SSSR count). The van der Waals surface area contributed by atoms with Crippen molar-refractivity contribution in [1.29, 1.82) is 5.26 Å². The summed E-state index contributed by atoms with van der Waals surface area (Å²) < 4.78 is 1.98. The number of hydrogen-bond acceptors (Lipinski definition) is 6. The van der Waals surface area contributed by atoms with E-state index in [2.05, 4.69) is 21.3 Å². The maximum atomic E-state index is 8.75. The zero-order chi connectivity index (χ0) is 15.1. The van der Waals surface area contributed by atoms with E-state index in [-0.39, 0.29) is 5.82 Å². The van der Waals surface area contributed by atoms with Crippen molar-refractivity contribution < 1.29 is 0 Å².